The molecule has 0 saturated heterocycles. The van der Waals surface area contributed by atoms with Crippen LogP contribution in [0, 0.1) is 6.92 Å². The molecule has 0 atom stereocenters. The molecule has 0 fully saturated rings. The molecule has 1 aliphatic carbocycles. The Labute approximate surface area is 157 Å². The molecule has 126 valence electrons. The van der Waals surface area contributed by atoms with Crippen LogP contribution >= 0.6 is 46.2 Å². The van der Waals surface area contributed by atoms with Gasteiger partial charge in [0.1, 0.15) is 15.7 Å². The molecule has 0 bridgehead atoms. The molecule has 24 heavy (non-hydrogen) atoms. The summed E-state index contributed by atoms with van der Waals surface area (Å²) < 4.78 is 2.04. The lowest BCUT2D eigenvalue weighted by Crippen LogP contribution is -1.92. The van der Waals surface area contributed by atoms with Crippen LogP contribution in [-0.2, 0) is 12.8 Å². The zero-order chi connectivity index (χ0) is 16.5. The Hall–Kier alpha value is -0.700. The molecule has 3 aromatic rings. The highest BCUT2D eigenvalue weighted by Crippen LogP contribution is 2.43. The number of rotatable bonds is 6. The van der Waals surface area contributed by atoms with Crippen LogP contribution in [0.4, 0.5) is 0 Å². The fourth-order valence-corrected chi connectivity index (χ4v) is 7.48. The van der Waals surface area contributed by atoms with Crippen LogP contribution in [0.2, 0.25) is 0 Å². The molecule has 0 amide bonds. The van der Waals surface area contributed by atoms with Gasteiger partial charge in [-0.05, 0) is 49.9 Å². The number of hydrogen-bond donors (Lipinski definition) is 0. The lowest BCUT2D eigenvalue weighted by molar-refractivity contribution is 0.892. The molecule has 0 unspecified atom stereocenters. The van der Waals surface area contributed by atoms with Crippen LogP contribution < -0.4 is 0 Å². The zero-order valence-corrected chi connectivity index (χ0v) is 16.9. The monoisotopic (exact) mass is 394 g/mol. The van der Waals surface area contributed by atoms with E-state index >= 15 is 0 Å². The molecule has 0 spiro atoms. The summed E-state index contributed by atoms with van der Waals surface area (Å²) >= 11 is 6.97. The Morgan fingerprint density at radius 2 is 1.96 bits per heavy atom. The average molecular weight is 395 g/mol. The average Bonchev–Trinajstić information content (AvgIpc) is 3.23. The van der Waals surface area contributed by atoms with Crippen LogP contribution in [0.3, 0.4) is 0 Å². The Morgan fingerprint density at radius 1 is 1.08 bits per heavy atom. The van der Waals surface area contributed by atoms with Gasteiger partial charge in [0.15, 0.2) is 8.68 Å². The van der Waals surface area contributed by atoms with Gasteiger partial charge in [0.2, 0.25) is 0 Å². The summed E-state index contributed by atoms with van der Waals surface area (Å²) in [5.74, 6) is 1.96. The summed E-state index contributed by atoms with van der Waals surface area (Å²) in [5.41, 5.74) is 1.47. The second-order valence-corrected chi connectivity index (χ2v) is 10.4. The molecule has 0 radical (unpaired) electrons. The molecule has 0 saturated carbocycles. The quantitative estimate of drug-likeness (QED) is 0.318. The number of aromatic nitrogens is 4. The van der Waals surface area contributed by atoms with Crippen molar-refractivity contribution in [3.63, 3.8) is 0 Å². The van der Waals surface area contributed by atoms with Crippen LogP contribution in [0.1, 0.15) is 42.5 Å². The molecule has 0 N–H and O–H groups in total. The third kappa shape index (κ3) is 3.34. The van der Waals surface area contributed by atoms with E-state index in [2.05, 4.69) is 22.1 Å². The maximum absolute atomic E-state index is 4.72. The molecular formula is C16H18N4S4. The molecule has 3 heterocycles. The van der Waals surface area contributed by atoms with Crippen molar-refractivity contribution in [2.75, 3.05) is 5.75 Å². The highest BCUT2D eigenvalue weighted by Gasteiger charge is 2.23. The Kier molecular flexibility index (Phi) is 5.08. The first-order valence-electron chi connectivity index (χ1n) is 8.17. The third-order valence-electron chi connectivity index (χ3n) is 3.94. The van der Waals surface area contributed by atoms with E-state index in [1.807, 2.05) is 18.3 Å². The lowest BCUT2D eigenvalue weighted by atomic mass is 10.2. The van der Waals surface area contributed by atoms with E-state index in [0.717, 1.165) is 36.5 Å². The summed E-state index contributed by atoms with van der Waals surface area (Å²) in [6.45, 7) is 4.18. The highest BCUT2D eigenvalue weighted by molar-refractivity contribution is 8.03. The van der Waals surface area contributed by atoms with Gasteiger partial charge in [-0.15, -0.1) is 21.5 Å². The van der Waals surface area contributed by atoms with Crippen LogP contribution in [-0.4, -0.2) is 25.9 Å². The van der Waals surface area contributed by atoms with Gasteiger partial charge in [0.05, 0.1) is 0 Å². The molecule has 1 aliphatic rings. The van der Waals surface area contributed by atoms with Gasteiger partial charge in [0, 0.05) is 16.0 Å². The van der Waals surface area contributed by atoms with Crippen LogP contribution in [0.15, 0.2) is 13.7 Å². The number of thioether (sulfide) groups is 1. The first kappa shape index (κ1) is 16.8. The number of aryl methyl sites for hydroxylation is 3. The number of thiophene rings is 1. The normalized spacial score (nSPS) is 13.8. The van der Waals surface area contributed by atoms with Crippen molar-refractivity contribution in [3.8, 4) is 0 Å². The van der Waals surface area contributed by atoms with Crippen LogP contribution in [0.5, 0.6) is 0 Å². The van der Waals surface area contributed by atoms with Gasteiger partial charge in [-0.3, -0.25) is 0 Å². The topological polar surface area (TPSA) is 51.6 Å². The minimum atomic E-state index is 0.840. The fourth-order valence-electron chi connectivity index (χ4n) is 2.82. The summed E-state index contributed by atoms with van der Waals surface area (Å²) in [7, 11) is 0. The largest absolute Gasteiger partial charge is 0.226 e. The van der Waals surface area contributed by atoms with Crippen molar-refractivity contribution < 1.29 is 0 Å². The van der Waals surface area contributed by atoms with E-state index in [1.165, 1.54) is 41.5 Å². The summed E-state index contributed by atoms with van der Waals surface area (Å²) in [4.78, 5) is 12.0. The Bertz CT molecular complexity index is 870. The second-order valence-electron chi connectivity index (χ2n) is 5.75. The minimum absolute atomic E-state index is 0.840. The van der Waals surface area contributed by atoms with Gasteiger partial charge >= 0.3 is 0 Å². The number of nitrogens with zero attached hydrogens (tertiary/aromatic N) is 4. The SMILES string of the molecule is CCCCSc1nnc(Sc2nc(C)nc3sc4c(c23)CCC4)s1. The van der Waals surface area contributed by atoms with Crippen molar-refractivity contribution >= 4 is 56.4 Å². The van der Waals surface area contributed by atoms with E-state index < -0.39 is 0 Å². The highest BCUT2D eigenvalue weighted by atomic mass is 32.2. The third-order valence-corrected chi connectivity index (χ3v) is 8.31. The maximum Gasteiger partial charge on any atom is 0.181 e. The summed E-state index contributed by atoms with van der Waals surface area (Å²) in [6, 6.07) is 0. The predicted molar refractivity (Wildman–Crippen MR) is 104 cm³/mol. The van der Waals surface area contributed by atoms with Crippen molar-refractivity contribution in [2.24, 2.45) is 0 Å². The minimum Gasteiger partial charge on any atom is -0.226 e. The maximum atomic E-state index is 4.72. The number of hydrogen-bond acceptors (Lipinski definition) is 8. The standard InChI is InChI=1S/C16H18N4S4/c1-3-4-8-21-15-19-20-16(24-15)23-14-12-10-6-5-7-11(10)22-13(12)17-9(2)18-14/h3-8H2,1-2H3. The summed E-state index contributed by atoms with van der Waals surface area (Å²) in [6.07, 6.45) is 6.04. The van der Waals surface area contributed by atoms with Crippen molar-refractivity contribution in [2.45, 2.75) is 59.7 Å². The van der Waals surface area contributed by atoms with Crippen molar-refractivity contribution in [3.05, 3.63) is 16.3 Å². The second kappa shape index (κ2) is 7.27. The van der Waals surface area contributed by atoms with E-state index in [9.17, 15) is 0 Å². The van der Waals surface area contributed by atoms with Gasteiger partial charge < -0.3 is 0 Å². The first-order valence-corrected chi connectivity index (χ1v) is 11.6. The zero-order valence-electron chi connectivity index (χ0n) is 13.7. The molecular weight excluding hydrogens is 376 g/mol. The molecule has 4 nitrogen and oxygen atoms in total. The Morgan fingerprint density at radius 3 is 2.83 bits per heavy atom. The van der Waals surface area contributed by atoms with Crippen molar-refractivity contribution in [1.82, 2.24) is 20.2 Å². The molecule has 0 aromatic carbocycles. The predicted octanol–water partition coefficient (Wildman–Crippen LogP) is 5.38. The van der Waals surface area contributed by atoms with E-state index in [4.69, 9.17) is 4.98 Å². The number of unbranched alkanes of at least 4 members (excludes halogenated alkanes) is 1. The molecule has 0 aliphatic heterocycles. The van der Waals surface area contributed by atoms with E-state index in [0.29, 0.717) is 0 Å². The van der Waals surface area contributed by atoms with E-state index in [-0.39, 0.29) is 0 Å². The first-order chi connectivity index (χ1) is 11.7. The van der Waals surface area contributed by atoms with E-state index in [1.54, 1.807) is 34.9 Å². The lowest BCUT2D eigenvalue weighted by Gasteiger charge is -2.03. The fraction of sp³-hybridized carbons (Fsp3) is 0.500. The summed E-state index contributed by atoms with van der Waals surface area (Å²) in [5, 5.41) is 11.0. The smallest absolute Gasteiger partial charge is 0.181 e. The van der Waals surface area contributed by atoms with Crippen molar-refractivity contribution in [1.29, 1.82) is 0 Å². The van der Waals surface area contributed by atoms with Gasteiger partial charge in [-0.2, -0.15) is 0 Å². The van der Waals surface area contributed by atoms with Gasteiger partial charge in [0.25, 0.3) is 0 Å². The Balaban J connectivity index is 1.62. The molecule has 3 aromatic heterocycles. The number of fused-ring (bicyclic) bond motifs is 3. The van der Waals surface area contributed by atoms with Gasteiger partial charge in [-0.25, -0.2) is 9.97 Å². The van der Waals surface area contributed by atoms with Crippen LogP contribution in [0.25, 0.3) is 10.2 Å². The van der Waals surface area contributed by atoms with Gasteiger partial charge in [-0.1, -0.05) is 36.4 Å². The molecule has 8 heteroatoms. The molecule has 4 rings (SSSR count).